The fourth-order valence-corrected chi connectivity index (χ4v) is 3.96. The predicted molar refractivity (Wildman–Crippen MR) is 98.8 cm³/mol. The number of primary sulfonamides is 1. The van der Waals surface area contributed by atoms with Crippen LogP contribution in [0.5, 0.6) is 0 Å². The maximum absolute atomic E-state index is 13.5. The third-order valence-electron chi connectivity index (χ3n) is 4.25. The molecule has 0 amide bonds. The minimum atomic E-state index is -4.95. The zero-order valence-electron chi connectivity index (χ0n) is 14.9. The molecule has 0 aliphatic carbocycles. The topological polar surface area (TPSA) is 141 Å². The van der Waals surface area contributed by atoms with Gasteiger partial charge in [-0.25, -0.2) is 13.6 Å². The van der Waals surface area contributed by atoms with E-state index in [1.807, 2.05) is 0 Å². The van der Waals surface area contributed by atoms with Crippen molar-refractivity contribution >= 4 is 10.0 Å². The van der Waals surface area contributed by atoms with Crippen molar-refractivity contribution in [3.63, 3.8) is 0 Å². The Morgan fingerprint density at radius 1 is 1.07 bits per heavy atom. The van der Waals surface area contributed by atoms with Gasteiger partial charge in [0.1, 0.15) is 4.90 Å². The lowest BCUT2D eigenvalue weighted by Crippen LogP contribution is -2.21. The Labute approximate surface area is 164 Å². The Bertz CT molecular complexity index is 1100. The summed E-state index contributed by atoms with van der Waals surface area (Å²) in [5.41, 5.74) is 5.36. The number of rotatable bonds is 6. The second-order valence-electron chi connectivity index (χ2n) is 6.23. The molecular weight excluding hydrogens is 409 g/mol. The van der Waals surface area contributed by atoms with E-state index < -0.39 is 26.7 Å². The van der Waals surface area contributed by atoms with Gasteiger partial charge in [-0.05, 0) is 47.4 Å². The number of sulfonamides is 1. The molecule has 0 saturated carbocycles. The number of halogens is 3. The van der Waals surface area contributed by atoms with Crippen LogP contribution in [0.15, 0.2) is 41.3 Å². The molecule has 3 aromatic rings. The lowest BCUT2D eigenvalue weighted by atomic mass is 9.95. The van der Waals surface area contributed by atoms with E-state index in [0.717, 1.165) is 24.5 Å². The number of tetrazole rings is 1. The van der Waals surface area contributed by atoms with Crippen LogP contribution in [-0.4, -0.2) is 35.6 Å². The summed E-state index contributed by atoms with van der Waals surface area (Å²) in [4.78, 5) is -1.10. The summed E-state index contributed by atoms with van der Waals surface area (Å²) in [6.07, 6.45) is -3.43. The Morgan fingerprint density at radius 3 is 2.28 bits per heavy atom. The van der Waals surface area contributed by atoms with Crippen LogP contribution in [0.3, 0.4) is 0 Å². The molecule has 1 aromatic heterocycles. The van der Waals surface area contributed by atoms with Crippen LogP contribution in [-0.2, 0) is 22.6 Å². The van der Waals surface area contributed by atoms with Crippen LogP contribution in [0.1, 0.15) is 17.5 Å². The highest BCUT2D eigenvalue weighted by atomic mass is 32.2. The first-order valence-corrected chi connectivity index (χ1v) is 9.97. The van der Waals surface area contributed by atoms with Gasteiger partial charge in [-0.15, -0.1) is 10.2 Å². The number of alkyl halides is 3. The highest BCUT2D eigenvalue weighted by Gasteiger charge is 2.39. The number of nitrogens with two attached hydrogens (primary N) is 2. The standard InChI is InChI=1S/C17H17F3N6O2S/c18-17(19,20)13-8-7-12(11-5-3-10(4-6-11)2-1-9-21)14(15(13)29(22,27)28)16-23-25-26-24-16/h3-8H,1-2,9,21H2,(H2,22,27,28)(H,23,24,25,26). The third-order valence-corrected chi connectivity index (χ3v) is 5.24. The number of aromatic nitrogens is 4. The normalized spacial score (nSPS) is 12.3. The Balaban J connectivity index is 2.28. The first-order valence-electron chi connectivity index (χ1n) is 8.43. The van der Waals surface area contributed by atoms with Gasteiger partial charge in [0.15, 0.2) is 0 Å². The molecule has 0 atom stereocenters. The molecule has 0 fully saturated rings. The molecule has 8 nitrogen and oxygen atoms in total. The second kappa shape index (κ2) is 7.89. The first kappa shape index (κ1) is 20.9. The van der Waals surface area contributed by atoms with E-state index in [-0.39, 0.29) is 17.0 Å². The average Bonchev–Trinajstić information content (AvgIpc) is 3.18. The Morgan fingerprint density at radius 2 is 1.76 bits per heavy atom. The van der Waals surface area contributed by atoms with Gasteiger partial charge in [0.25, 0.3) is 0 Å². The maximum Gasteiger partial charge on any atom is 0.417 e. The van der Waals surface area contributed by atoms with E-state index in [1.54, 1.807) is 24.3 Å². The summed E-state index contributed by atoms with van der Waals surface area (Å²) in [6, 6.07) is 8.77. The van der Waals surface area contributed by atoms with E-state index in [1.165, 1.54) is 0 Å². The number of hydrogen-bond acceptors (Lipinski definition) is 6. The second-order valence-corrected chi connectivity index (χ2v) is 7.73. The molecule has 3 rings (SSSR count). The summed E-state index contributed by atoms with van der Waals surface area (Å²) in [5.74, 6) is -0.317. The van der Waals surface area contributed by atoms with Gasteiger partial charge in [-0.1, -0.05) is 30.3 Å². The van der Waals surface area contributed by atoms with Crippen molar-refractivity contribution in [1.29, 1.82) is 0 Å². The molecule has 0 aliphatic rings. The van der Waals surface area contributed by atoms with Gasteiger partial charge >= 0.3 is 6.18 Å². The van der Waals surface area contributed by atoms with Crippen LogP contribution in [0.2, 0.25) is 0 Å². The van der Waals surface area contributed by atoms with Gasteiger partial charge < -0.3 is 5.73 Å². The van der Waals surface area contributed by atoms with Crippen molar-refractivity contribution in [3.05, 3.63) is 47.5 Å². The maximum atomic E-state index is 13.5. The van der Waals surface area contributed by atoms with Gasteiger partial charge in [0, 0.05) is 0 Å². The number of nitrogens with zero attached hydrogens (tertiary/aromatic N) is 3. The number of nitrogens with one attached hydrogen (secondary N) is 1. The van der Waals surface area contributed by atoms with Crippen LogP contribution in [0, 0.1) is 0 Å². The number of aromatic amines is 1. The molecule has 5 N–H and O–H groups in total. The summed E-state index contributed by atoms with van der Waals surface area (Å²) >= 11 is 0. The Kier molecular flexibility index (Phi) is 5.68. The molecule has 0 saturated heterocycles. The van der Waals surface area contributed by atoms with Crippen molar-refractivity contribution in [1.82, 2.24) is 20.6 Å². The lowest BCUT2D eigenvalue weighted by Gasteiger charge is -2.17. The third kappa shape index (κ3) is 4.44. The van der Waals surface area contributed by atoms with Crippen molar-refractivity contribution in [3.8, 4) is 22.5 Å². The molecule has 0 bridgehead atoms. The number of benzene rings is 2. The minimum absolute atomic E-state index is 0.175. The monoisotopic (exact) mass is 426 g/mol. The van der Waals surface area contributed by atoms with Crippen LogP contribution < -0.4 is 10.9 Å². The van der Waals surface area contributed by atoms with Crippen molar-refractivity contribution in [2.45, 2.75) is 23.9 Å². The smallest absolute Gasteiger partial charge is 0.330 e. The summed E-state index contributed by atoms with van der Waals surface area (Å²) < 4.78 is 64.8. The van der Waals surface area contributed by atoms with E-state index >= 15 is 0 Å². The molecule has 0 unspecified atom stereocenters. The summed E-state index contributed by atoms with van der Waals surface area (Å²) in [5, 5.41) is 18.0. The lowest BCUT2D eigenvalue weighted by molar-refractivity contribution is -0.139. The fraction of sp³-hybridized carbons (Fsp3) is 0.235. The minimum Gasteiger partial charge on any atom is -0.330 e. The molecule has 0 radical (unpaired) electrons. The highest BCUT2D eigenvalue weighted by Crippen LogP contribution is 2.42. The zero-order chi connectivity index (χ0) is 21.2. The van der Waals surface area contributed by atoms with Gasteiger partial charge in [-0.3, -0.25) is 0 Å². The largest absolute Gasteiger partial charge is 0.417 e. The van der Waals surface area contributed by atoms with E-state index in [4.69, 9.17) is 10.9 Å². The van der Waals surface area contributed by atoms with Crippen molar-refractivity contribution in [2.75, 3.05) is 6.54 Å². The molecule has 2 aromatic carbocycles. The van der Waals surface area contributed by atoms with Gasteiger partial charge in [0.05, 0.1) is 11.1 Å². The van der Waals surface area contributed by atoms with E-state index in [9.17, 15) is 21.6 Å². The van der Waals surface area contributed by atoms with E-state index in [2.05, 4.69) is 20.6 Å². The fourth-order valence-electron chi connectivity index (χ4n) is 2.99. The SMILES string of the molecule is NCCCc1ccc(-c2ccc(C(F)(F)F)c(S(N)(=O)=O)c2-c2nn[nH]n2)cc1. The van der Waals surface area contributed by atoms with Gasteiger partial charge in [0.2, 0.25) is 15.8 Å². The molecule has 0 spiro atoms. The van der Waals surface area contributed by atoms with Crippen LogP contribution in [0.25, 0.3) is 22.5 Å². The Hall–Kier alpha value is -2.83. The molecule has 154 valence electrons. The molecule has 0 aliphatic heterocycles. The number of hydrogen-bond donors (Lipinski definition) is 3. The number of H-pyrrole nitrogens is 1. The average molecular weight is 426 g/mol. The number of aryl methyl sites for hydroxylation is 1. The zero-order valence-corrected chi connectivity index (χ0v) is 15.8. The van der Waals surface area contributed by atoms with Gasteiger partial charge in [-0.2, -0.15) is 18.4 Å². The molecule has 1 heterocycles. The molecular formula is C17H17F3N6O2S. The summed E-state index contributed by atoms with van der Waals surface area (Å²) in [6.45, 7) is 0.528. The highest BCUT2D eigenvalue weighted by molar-refractivity contribution is 7.89. The van der Waals surface area contributed by atoms with E-state index in [0.29, 0.717) is 18.2 Å². The first-order chi connectivity index (χ1) is 13.6. The molecule has 12 heteroatoms. The predicted octanol–water partition coefficient (Wildman–Crippen LogP) is 2.09. The van der Waals surface area contributed by atoms with Crippen molar-refractivity contribution in [2.24, 2.45) is 10.9 Å². The van der Waals surface area contributed by atoms with Crippen molar-refractivity contribution < 1.29 is 21.6 Å². The van der Waals surface area contributed by atoms with Crippen LogP contribution in [0.4, 0.5) is 13.2 Å². The summed E-state index contributed by atoms with van der Waals surface area (Å²) in [7, 11) is -4.78. The van der Waals surface area contributed by atoms with Crippen LogP contribution >= 0.6 is 0 Å². The quantitative estimate of drug-likeness (QED) is 0.551. The molecule has 29 heavy (non-hydrogen) atoms.